The molecule has 0 heterocycles. The quantitative estimate of drug-likeness (QED) is 0.896. The Bertz CT molecular complexity index is 651. The largest absolute Gasteiger partial charge is 0.325 e. The third-order valence-corrected chi connectivity index (χ3v) is 3.64. The minimum absolute atomic E-state index is 0.0211. The van der Waals surface area contributed by atoms with E-state index in [2.05, 4.69) is 11.4 Å². The average molecular weight is 317 g/mol. The molecule has 3 nitrogen and oxygen atoms in total. The van der Waals surface area contributed by atoms with Crippen LogP contribution in [0.5, 0.6) is 0 Å². The summed E-state index contributed by atoms with van der Waals surface area (Å²) < 4.78 is 0. The van der Waals surface area contributed by atoms with E-state index in [9.17, 15) is 4.79 Å². The first-order valence-corrected chi connectivity index (χ1v) is 7.64. The second-order valence-corrected chi connectivity index (χ2v) is 6.09. The lowest BCUT2D eigenvalue weighted by atomic mass is 10.0. The van der Waals surface area contributed by atoms with Crippen LogP contribution >= 0.6 is 11.6 Å². The summed E-state index contributed by atoms with van der Waals surface area (Å²) in [6.07, 6.45) is 0.473. The maximum Gasteiger partial charge on any atom is 0.225 e. The van der Waals surface area contributed by atoms with Gasteiger partial charge in [0.15, 0.2) is 0 Å². The molecule has 1 amide bonds. The van der Waals surface area contributed by atoms with Gasteiger partial charge in [-0.15, -0.1) is 0 Å². The number of hydrogen-bond acceptors (Lipinski definition) is 2. The Morgan fingerprint density at radius 1 is 1.14 bits per heavy atom. The van der Waals surface area contributed by atoms with Crippen molar-refractivity contribution in [2.24, 2.45) is 0 Å². The van der Waals surface area contributed by atoms with Crippen molar-refractivity contribution in [3.05, 3.63) is 53.1 Å². The number of hydrogen-bond donors (Lipinski definition) is 1. The molecule has 2 rings (SSSR count). The number of rotatable bonds is 5. The molecule has 0 fully saturated rings. The molecule has 0 aliphatic carbocycles. The zero-order valence-electron chi connectivity index (χ0n) is 13.2. The van der Waals surface area contributed by atoms with Gasteiger partial charge in [-0.1, -0.05) is 35.4 Å². The van der Waals surface area contributed by atoms with Crippen molar-refractivity contribution in [3.63, 3.8) is 0 Å². The van der Waals surface area contributed by atoms with Crippen LogP contribution in [-0.2, 0) is 4.79 Å². The first kappa shape index (κ1) is 16.5. The van der Waals surface area contributed by atoms with E-state index in [4.69, 9.17) is 11.6 Å². The normalized spacial score (nSPS) is 10.8. The van der Waals surface area contributed by atoms with Crippen LogP contribution in [0.4, 0.5) is 5.69 Å². The lowest BCUT2D eigenvalue weighted by molar-refractivity contribution is -0.116. The predicted octanol–water partition coefficient (Wildman–Crippen LogP) is 4.21. The van der Waals surface area contributed by atoms with Gasteiger partial charge in [0, 0.05) is 29.2 Å². The third kappa shape index (κ3) is 4.58. The van der Waals surface area contributed by atoms with Gasteiger partial charge in [-0.05, 0) is 50.8 Å². The zero-order valence-corrected chi connectivity index (χ0v) is 13.9. The zero-order chi connectivity index (χ0) is 16.1. The molecule has 0 aliphatic heterocycles. The molecule has 0 radical (unpaired) electrons. The average Bonchev–Trinajstić information content (AvgIpc) is 2.48. The van der Waals surface area contributed by atoms with Crippen molar-refractivity contribution in [2.45, 2.75) is 13.3 Å². The molecule has 0 saturated carbocycles. The number of anilines is 1. The van der Waals surface area contributed by atoms with Gasteiger partial charge in [-0.25, -0.2) is 0 Å². The molecule has 22 heavy (non-hydrogen) atoms. The fourth-order valence-corrected chi connectivity index (χ4v) is 2.30. The van der Waals surface area contributed by atoms with Crippen molar-refractivity contribution < 1.29 is 4.79 Å². The highest BCUT2D eigenvalue weighted by Crippen LogP contribution is 2.30. The Morgan fingerprint density at radius 2 is 1.82 bits per heavy atom. The lowest BCUT2D eigenvalue weighted by Gasteiger charge is -2.14. The minimum Gasteiger partial charge on any atom is -0.325 e. The van der Waals surface area contributed by atoms with Crippen molar-refractivity contribution in [1.82, 2.24) is 4.90 Å². The minimum atomic E-state index is 0.0211. The Kier molecular flexibility index (Phi) is 5.58. The van der Waals surface area contributed by atoms with Gasteiger partial charge in [0.1, 0.15) is 0 Å². The van der Waals surface area contributed by atoms with Crippen LogP contribution in [0.1, 0.15) is 12.0 Å². The Balaban J connectivity index is 2.24. The molecule has 116 valence electrons. The second kappa shape index (κ2) is 7.43. The number of nitrogens with zero attached hydrogens (tertiary/aromatic N) is 1. The van der Waals surface area contributed by atoms with Gasteiger partial charge in [-0.2, -0.15) is 0 Å². The SMILES string of the molecule is Cc1ccc(NC(=O)CCN(C)C)c(-c2ccc(Cl)cc2)c1. The first-order chi connectivity index (χ1) is 10.5. The van der Waals surface area contributed by atoms with E-state index < -0.39 is 0 Å². The van der Waals surface area contributed by atoms with E-state index in [1.807, 2.05) is 62.3 Å². The summed E-state index contributed by atoms with van der Waals surface area (Å²) in [6.45, 7) is 2.77. The molecule has 0 atom stereocenters. The number of carbonyl (C=O) groups excluding carboxylic acids is 1. The van der Waals surface area contributed by atoms with Crippen LogP contribution < -0.4 is 5.32 Å². The summed E-state index contributed by atoms with van der Waals surface area (Å²) in [5, 5.41) is 3.71. The number of nitrogens with one attached hydrogen (secondary N) is 1. The summed E-state index contributed by atoms with van der Waals surface area (Å²) in [5.41, 5.74) is 4.03. The summed E-state index contributed by atoms with van der Waals surface area (Å²) in [7, 11) is 3.91. The third-order valence-electron chi connectivity index (χ3n) is 3.39. The van der Waals surface area contributed by atoms with Gasteiger partial charge in [0.25, 0.3) is 0 Å². The van der Waals surface area contributed by atoms with Crippen molar-refractivity contribution >= 4 is 23.2 Å². The van der Waals surface area contributed by atoms with E-state index in [-0.39, 0.29) is 5.91 Å². The van der Waals surface area contributed by atoms with Crippen molar-refractivity contribution in [2.75, 3.05) is 26.0 Å². The molecule has 1 N–H and O–H groups in total. The van der Waals surface area contributed by atoms with Gasteiger partial charge in [0.05, 0.1) is 0 Å². The second-order valence-electron chi connectivity index (χ2n) is 5.66. The highest BCUT2D eigenvalue weighted by molar-refractivity contribution is 6.30. The van der Waals surface area contributed by atoms with E-state index in [0.29, 0.717) is 11.4 Å². The van der Waals surface area contributed by atoms with Crippen LogP contribution in [0.15, 0.2) is 42.5 Å². The van der Waals surface area contributed by atoms with Crippen LogP contribution in [-0.4, -0.2) is 31.4 Å². The Labute approximate surface area is 136 Å². The lowest BCUT2D eigenvalue weighted by Crippen LogP contribution is -2.21. The van der Waals surface area contributed by atoms with E-state index in [0.717, 1.165) is 28.9 Å². The summed E-state index contributed by atoms with van der Waals surface area (Å²) in [6, 6.07) is 13.7. The predicted molar refractivity (Wildman–Crippen MR) is 93.4 cm³/mol. The monoisotopic (exact) mass is 316 g/mol. The van der Waals surface area contributed by atoms with Gasteiger partial charge >= 0.3 is 0 Å². The standard InChI is InChI=1S/C18H21ClN2O/c1-13-4-9-17(20-18(22)10-11-21(2)3)16(12-13)14-5-7-15(19)8-6-14/h4-9,12H,10-11H2,1-3H3,(H,20,22). The van der Waals surface area contributed by atoms with Crippen molar-refractivity contribution in [1.29, 1.82) is 0 Å². The van der Waals surface area contributed by atoms with Crippen LogP contribution in [0.25, 0.3) is 11.1 Å². The molecule has 0 unspecified atom stereocenters. The van der Waals surface area contributed by atoms with Gasteiger partial charge in [-0.3, -0.25) is 4.79 Å². The first-order valence-electron chi connectivity index (χ1n) is 7.27. The van der Waals surface area contributed by atoms with Gasteiger partial charge in [0.2, 0.25) is 5.91 Å². The van der Waals surface area contributed by atoms with E-state index in [1.54, 1.807) is 0 Å². The number of aryl methyl sites for hydroxylation is 1. The number of halogens is 1. The molecule has 4 heteroatoms. The number of amides is 1. The molecule has 2 aromatic carbocycles. The van der Waals surface area contributed by atoms with Crippen LogP contribution in [0.3, 0.4) is 0 Å². The highest BCUT2D eigenvalue weighted by Gasteiger charge is 2.09. The number of benzene rings is 2. The highest BCUT2D eigenvalue weighted by atomic mass is 35.5. The fraction of sp³-hybridized carbons (Fsp3) is 0.278. The van der Waals surface area contributed by atoms with Gasteiger partial charge < -0.3 is 10.2 Å². The maximum absolute atomic E-state index is 12.1. The Morgan fingerprint density at radius 3 is 2.45 bits per heavy atom. The molecule has 0 aliphatic rings. The topological polar surface area (TPSA) is 32.3 Å². The molecule has 0 saturated heterocycles. The van der Waals surface area contributed by atoms with E-state index >= 15 is 0 Å². The van der Waals surface area contributed by atoms with Crippen molar-refractivity contribution in [3.8, 4) is 11.1 Å². The molecule has 0 spiro atoms. The molecule has 0 bridgehead atoms. The number of carbonyl (C=O) groups is 1. The molecular formula is C18H21ClN2O. The van der Waals surface area contributed by atoms with E-state index in [1.165, 1.54) is 0 Å². The smallest absolute Gasteiger partial charge is 0.225 e. The summed E-state index contributed by atoms with van der Waals surface area (Å²) in [4.78, 5) is 14.1. The molecular weight excluding hydrogens is 296 g/mol. The molecule has 0 aromatic heterocycles. The fourth-order valence-electron chi connectivity index (χ4n) is 2.17. The van der Waals surface area contributed by atoms with Crippen LogP contribution in [0, 0.1) is 6.92 Å². The van der Waals surface area contributed by atoms with Crippen LogP contribution in [0.2, 0.25) is 5.02 Å². The summed E-state index contributed by atoms with van der Waals surface area (Å²) >= 11 is 5.95. The summed E-state index contributed by atoms with van der Waals surface area (Å²) in [5.74, 6) is 0.0211. The maximum atomic E-state index is 12.1. The Hall–Kier alpha value is -1.84. The molecule has 2 aromatic rings.